The second-order valence-corrected chi connectivity index (χ2v) is 8.90. The first-order valence-corrected chi connectivity index (χ1v) is 9.21. The van der Waals surface area contributed by atoms with E-state index in [1.54, 1.807) is 7.11 Å². The molecule has 4 heteroatoms. The summed E-state index contributed by atoms with van der Waals surface area (Å²) in [4.78, 5) is 13.0. The number of hydrogen-bond acceptors (Lipinski definition) is 4. The van der Waals surface area contributed by atoms with E-state index in [1.807, 2.05) is 33.8 Å². The zero-order valence-electron chi connectivity index (χ0n) is 16.1. The summed E-state index contributed by atoms with van der Waals surface area (Å²) in [6.07, 6.45) is 1.40. The molecule has 0 aromatic heterocycles. The molecule has 0 spiro atoms. The standard InChI is InChI=1S/C21H30O4/c1-11(2)12-9-13-14(22)10-15-20(3,4)16(23)7-8-21(15,5)17(13)18(24)19(12)25-6/h9,11,15-16,23-24H,7-8,10H2,1-6H3/t15-,16-,21-/m0/s1. The number of hydrogen-bond donors (Lipinski definition) is 2. The third-order valence-electron chi connectivity index (χ3n) is 6.83. The molecule has 4 nitrogen and oxygen atoms in total. The van der Waals surface area contributed by atoms with Gasteiger partial charge < -0.3 is 14.9 Å². The molecule has 0 amide bonds. The van der Waals surface area contributed by atoms with Crippen molar-refractivity contribution in [3.63, 3.8) is 0 Å². The third-order valence-corrected chi connectivity index (χ3v) is 6.83. The van der Waals surface area contributed by atoms with Crippen molar-refractivity contribution < 1.29 is 19.7 Å². The Morgan fingerprint density at radius 3 is 2.48 bits per heavy atom. The van der Waals surface area contributed by atoms with Crippen molar-refractivity contribution in [2.24, 2.45) is 11.3 Å². The first kappa shape index (κ1) is 18.2. The molecular weight excluding hydrogens is 316 g/mol. The van der Waals surface area contributed by atoms with E-state index in [-0.39, 0.29) is 34.2 Å². The van der Waals surface area contributed by atoms with Crippen LogP contribution in [-0.2, 0) is 5.41 Å². The smallest absolute Gasteiger partial charge is 0.164 e. The Morgan fingerprint density at radius 2 is 1.92 bits per heavy atom. The van der Waals surface area contributed by atoms with Gasteiger partial charge in [-0.15, -0.1) is 0 Å². The molecule has 0 heterocycles. The van der Waals surface area contributed by atoms with Crippen molar-refractivity contribution in [2.75, 3.05) is 7.11 Å². The Morgan fingerprint density at radius 1 is 1.28 bits per heavy atom. The number of Topliss-reactive ketones (excluding diaryl/α,β-unsaturated/α-hetero) is 1. The molecule has 1 aromatic carbocycles. The van der Waals surface area contributed by atoms with Crippen LogP contribution in [-0.4, -0.2) is 29.2 Å². The molecule has 138 valence electrons. The van der Waals surface area contributed by atoms with Gasteiger partial charge in [0.05, 0.1) is 13.2 Å². The summed E-state index contributed by atoms with van der Waals surface area (Å²) in [7, 11) is 1.56. The fraction of sp³-hybridized carbons (Fsp3) is 0.667. The second-order valence-electron chi connectivity index (χ2n) is 8.90. The monoisotopic (exact) mass is 346 g/mol. The lowest BCUT2D eigenvalue weighted by Gasteiger charge is -2.55. The van der Waals surface area contributed by atoms with Crippen LogP contribution in [0.5, 0.6) is 11.5 Å². The minimum absolute atomic E-state index is 0.00995. The number of phenols is 1. The molecule has 0 aliphatic heterocycles. The van der Waals surface area contributed by atoms with Crippen LogP contribution in [0.3, 0.4) is 0 Å². The Balaban J connectivity index is 2.29. The van der Waals surface area contributed by atoms with Gasteiger partial charge in [-0.1, -0.05) is 34.6 Å². The van der Waals surface area contributed by atoms with E-state index < -0.39 is 6.10 Å². The molecule has 3 atom stereocenters. The summed E-state index contributed by atoms with van der Waals surface area (Å²) >= 11 is 0. The molecule has 25 heavy (non-hydrogen) atoms. The van der Waals surface area contributed by atoms with Gasteiger partial charge in [0.25, 0.3) is 0 Å². The average molecular weight is 346 g/mol. The SMILES string of the molecule is COc1c(C(C)C)cc2c(c1O)[C@@]1(C)CC[C@H](O)C(C)(C)[C@@H]1CC2=O. The number of aromatic hydroxyl groups is 1. The zero-order chi connectivity index (χ0) is 18.7. The molecule has 0 radical (unpaired) electrons. The molecule has 1 aromatic rings. The van der Waals surface area contributed by atoms with E-state index in [4.69, 9.17) is 4.74 Å². The lowest BCUT2D eigenvalue weighted by molar-refractivity contribution is -0.0692. The number of ketones is 1. The maximum Gasteiger partial charge on any atom is 0.164 e. The van der Waals surface area contributed by atoms with Gasteiger partial charge in [-0.05, 0) is 36.2 Å². The molecule has 0 unspecified atom stereocenters. The van der Waals surface area contributed by atoms with Crippen LogP contribution in [0, 0.1) is 11.3 Å². The summed E-state index contributed by atoms with van der Waals surface area (Å²) in [6.45, 7) is 10.3. The minimum atomic E-state index is -0.432. The maximum absolute atomic E-state index is 13.0. The average Bonchev–Trinajstić information content (AvgIpc) is 2.53. The van der Waals surface area contributed by atoms with Crippen LogP contribution in [0.15, 0.2) is 6.07 Å². The van der Waals surface area contributed by atoms with Gasteiger partial charge in [0.15, 0.2) is 17.3 Å². The van der Waals surface area contributed by atoms with E-state index in [9.17, 15) is 15.0 Å². The van der Waals surface area contributed by atoms with Gasteiger partial charge in [0, 0.05) is 28.5 Å². The fourth-order valence-corrected chi connectivity index (χ4v) is 5.23. The highest BCUT2D eigenvalue weighted by Crippen LogP contribution is 2.60. The van der Waals surface area contributed by atoms with Gasteiger partial charge >= 0.3 is 0 Å². The summed E-state index contributed by atoms with van der Waals surface area (Å²) < 4.78 is 5.53. The first-order valence-electron chi connectivity index (χ1n) is 9.21. The topological polar surface area (TPSA) is 66.8 Å². The van der Waals surface area contributed by atoms with Crippen molar-refractivity contribution >= 4 is 5.78 Å². The Kier molecular flexibility index (Phi) is 4.18. The van der Waals surface area contributed by atoms with Crippen LogP contribution in [0.2, 0.25) is 0 Å². The van der Waals surface area contributed by atoms with Crippen molar-refractivity contribution in [2.45, 2.75) is 71.3 Å². The number of aliphatic hydroxyl groups is 1. The van der Waals surface area contributed by atoms with Crippen molar-refractivity contribution in [1.29, 1.82) is 0 Å². The van der Waals surface area contributed by atoms with E-state index in [2.05, 4.69) is 6.92 Å². The second kappa shape index (κ2) is 5.73. The van der Waals surface area contributed by atoms with Crippen molar-refractivity contribution in [3.05, 3.63) is 22.8 Å². The van der Waals surface area contributed by atoms with Crippen molar-refractivity contribution in [3.8, 4) is 11.5 Å². The van der Waals surface area contributed by atoms with E-state index in [0.717, 1.165) is 17.5 Å². The fourth-order valence-electron chi connectivity index (χ4n) is 5.23. The highest BCUT2D eigenvalue weighted by atomic mass is 16.5. The molecule has 0 bridgehead atoms. The lowest BCUT2D eigenvalue weighted by Crippen LogP contribution is -2.54. The van der Waals surface area contributed by atoms with Crippen LogP contribution >= 0.6 is 0 Å². The highest BCUT2D eigenvalue weighted by molar-refractivity contribution is 6.01. The molecule has 3 rings (SSSR count). The normalized spacial score (nSPS) is 30.8. The summed E-state index contributed by atoms with van der Waals surface area (Å²) in [6, 6.07) is 1.92. The van der Waals surface area contributed by atoms with Crippen LogP contribution in [0.1, 0.15) is 81.3 Å². The Bertz CT molecular complexity index is 719. The number of fused-ring (bicyclic) bond motifs is 3. The van der Waals surface area contributed by atoms with E-state index in [0.29, 0.717) is 24.2 Å². The lowest BCUT2D eigenvalue weighted by atomic mass is 9.49. The molecular formula is C21H30O4. The summed E-state index contributed by atoms with van der Waals surface area (Å²) in [5, 5.41) is 21.6. The third kappa shape index (κ3) is 2.41. The molecule has 2 N–H and O–H groups in total. The molecule has 1 fully saturated rings. The number of rotatable bonds is 2. The van der Waals surface area contributed by atoms with Gasteiger partial charge in [0.2, 0.25) is 0 Å². The van der Waals surface area contributed by atoms with E-state index >= 15 is 0 Å². The van der Waals surface area contributed by atoms with Crippen LogP contribution in [0.4, 0.5) is 0 Å². The summed E-state index contributed by atoms with van der Waals surface area (Å²) in [5.41, 5.74) is 1.49. The molecule has 1 saturated carbocycles. The molecule has 2 aliphatic carbocycles. The predicted octanol–water partition coefficient (Wildman–Crippen LogP) is 4.17. The minimum Gasteiger partial charge on any atom is -0.504 e. The van der Waals surface area contributed by atoms with Gasteiger partial charge in [0.1, 0.15) is 0 Å². The van der Waals surface area contributed by atoms with Crippen LogP contribution in [0.25, 0.3) is 0 Å². The van der Waals surface area contributed by atoms with E-state index in [1.165, 1.54) is 0 Å². The molecule has 0 saturated heterocycles. The Labute approximate surface area is 150 Å². The van der Waals surface area contributed by atoms with Gasteiger partial charge in [-0.3, -0.25) is 4.79 Å². The number of carbonyl (C=O) groups is 1. The van der Waals surface area contributed by atoms with Crippen molar-refractivity contribution in [1.82, 2.24) is 0 Å². The first-order chi connectivity index (χ1) is 11.6. The molecule has 2 aliphatic rings. The van der Waals surface area contributed by atoms with Gasteiger partial charge in [-0.2, -0.15) is 0 Å². The largest absolute Gasteiger partial charge is 0.504 e. The maximum atomic E-state index is 13.0. The number of ether oxygens (including phenoxy) is 1. The number of benzene rings is 1. The highest BCUT2D eigenvalue weighted by Gasteiger charge is 2.56. The number of methoxy groups -OCH3 is 1. The van der Waals surface area contributed by atoms with Crippen LogP contribution < -0.4 is 4.74 Å². The number of carbonyl (C=O) groups excluding carboxylic acids is 1. The Hall–Kier alpha value is -1.55. The number of phenolic OH excluding ortho intramolecular Hbond substituents is 1. The zero-order valence-corrected chi connectivity index (χ0v) is 16.1. The quantitative estimate of drug-likeness (QED) is 0.843. The number of aliphatic hydroxyl groups excluding tert-OH is 1. The summed E-state index contributed by atoms with van der Waals surface area (Å²) in [5.74, 6) is 0.779. The van der Waals surface area contributed by atoms with Gasteiger partial charge in [-0.25, -0.2) is 0 Å². The predicted molar refractivity (Wildman–Crippen MR) is 97.6 cm³/mol.